The van der Waals surface area contributed by atoms with Crippen LogP contribution in [0.25, 0.3) is 0 Å². The monoisotopic (exact) mass is 369 g/mol. The third-order valence-corrected chi connectivity index (χ3v) is 3.78. The Hall–Kier alpha value is -3.36. The van der Waals surface area contributed by atoms with Crippen LogP contribution in [0.4, 0.5) is 17.3 Å². The van der Waals surface area contributed by atoms with E-state index in [0.29, 0.717) is 30.5 Å². The van der Waals surface area contributed by atoms with E-state index in [1.54, 1.807) is 6.07 Å². The highest BCUT2D eigenvalue weighted by atomic mass is 16.5. The maximum atomic E-state index is 12.1. The molecule has 140 valence electrons. The fourth-order valence-electron chi connectivity index (χ4n) is 2.43. The Kier molecular flexibility index (Phi) is 6.03. The van der Waals surface area contributed by atoms with Gasteiger partial charge in [-0.25, -0.2) is 9.97 Å². The van der Waals surface area contributed by atoms with Gasteiger partial charge in [0.25, 0.3) is 5.91 Å². The van der Waals surface area contributed by atoms with Crippen LogP contribution in [0, 0.1) is 11.3 Å². The van der Waals surface area contributed by atoms with E-state index in [-0.39, 0.29) is 23.4 Å². The van der Waals surface area contributed by atoms with Gasteiger partial charge in [0.15, 0.2) is 17.2 Å². The lowest BCUT2D eigenvalue weighted by atomic mass is 10.2. The van der Waals surface area contributed by atoms with Crippen molar-refractivity contribution in [2.24, 2.45) is 0 Å². The van der Waals surface area contributed by atoms with Gasteiger partial charge in [-0.2, -0.15) is 5.26 Å². The number of morpholine rings is 1. The predicted octanol–water partition coefficient (Wildman–Crippen LogP) is -0.358. The summed E-state index contributed by atoms with van der Waals surface area (Å²) in [5.74, 6) is 0.436. The molecule has 1 aliphatic rings. The number of ether oxygens (including phenoxy) is 1. The molecule has 3 heterocycles. The predicted molar refractivity (Wildman–Crippen MR) is 96.6 cm³/mol. The third kappa shape index (κ3) is 4.84. The Morgan fingerprint density at radius 2 is 2.26 bits per heavy atom. The van der Waals surface area contributed by atoms with Crippen LogP contribution >= 0.6 is 0 Å². The molecule has 0 bridgehead atoms. The van der Waals surface area contributed by atoms with E-state index in [1.165, 1.54) is 19.4 Å². The highest BCUT2D eigenvalue weighted by Gasteiger charge is 2.18. The third-order valence-electron chi connectivity index (χ3n) is 3.78. The van der Waals surface area contributed by atoms with Gasteiger partial charge < -0.3 is 26.0 Å². The van der Waals surface area contributed by atoms with Gasteiger partial charge in [0.1, 0.15) is 11.9 Å². The molecule has 0 aromatic carbocycles. The summed E-state index contributed by atoms with van der Waals surface area (Å²) in [5.41, 5.74) is 0.908. The Morgan fingerprint density at radius 3 is 2.93 bits per heavy atom. The molecule has 2 aromatic rings. The van der Waals surface area contributed by atoms with Crippen molar-refractivity contribution in [1.29, 1.82) is 5.26 Å². The van der Waals surface area contributed by atoms with Crippen molar-refractivity contribution < 1.29 is 9.53 Å². The zero-order valence-corrected chi connectivity index (χ0v) is 14.7. The molecule has 2 aromatic heterocycles. The minimum Gasteiger partial charge on any atom is -0.380 e. The molecule has 27 heavy (non-hydrogen) atoms. The second kappa shape index (κ2) is 8.84. The summed E-state index contributed by atoms with van der Waals surface area (Å²) < 4.78 is 5.65. The number of aromatic nitrogens is 4. The average molecular weight is 369 g/mol. The van der Waals surface area contributed by atoms with Crippen molar-refractivity contribution in [3.63, 3.8) is 0 Å². The number of anilines is 3. The van der Waals surface area contributed by atoms with Crippen LogP contribution in [0.5, 0.6) is 0 Å². The first-order valence-electron chi connectivity index (χ1n) is 8.34. The fraction of sp³-hybridized carbons (Fsp3) is 0.375. The quantitative estimate of drug-likeness (QED) is 0.531. The van der Waals surface area contributed by atoms with Crippen LogP contribution in [0.3, 0.4) is 0 Å². The molecule has 1 aliphatic heterocycles. The number of nitrogens with zero attached hydrogens (tertiary/aromatic N) is 5. The first kappa shape index (κ1) is 18.4. The SMILES string of the molecule is CNC(=O)c1nnc(Nc2cnc(C#N)cn2)cc1NCC1CNCCO1. The Balaban J connectivity index is 1.76. The summed E-state index contributed by atoms with van der Waals surface area (Å²) in [7, 11) is 1.53. The first-order valence-corrected chi connectivity index (χ1v) is 8.34. The molecule has 0 spiro atoms. The summed E-state index contributed by atoms with van der Waals surface area (Å²) in [4.78, 5) is 20.1. The maximum absolute atomic E-state index is 12.1. The van der Waals surface area contributed by atoms with Gasteiger partial charge >= 0.3 is 0 Å². The number of carbonyl (C=O) groups is 1. The number of nitrogens with one attached hydrogen (secondary N) is 4. The number of amides is 1. The smallest absolute Gasteiger partial charge is 0.273 e. The van der Waals surface area contributed by atoms with Crippen molar-refractivity contribution >= 4 is 23.2 Å². The molecule has 4 N–H and O–H groups in total. The molecule has 0 aliphatic carbocycles. The minimum absolute atomic E-state index is 0.00902. The summed E-state index contributed by atoms with van der Waals surface area (Å²) in [6, 6.07) is 3.56. The van der Waals surface area contributed by atoms with Crippen LogP contribution in [-0.4, -0.2) is 65.5 Å². The highest BCUT2D eigenvalue weighted by Crippen LogP contribution is 2.19. The summed E-state index contributed by atoms with van der Waals surface area (Å²) in [5, 5.41) is 28.7. The molecule has 1 fully saturated rings. The lowest BCUT2D eigenvalue weighted by Gasteiger charge is -2.24. The van der Waals surface area contributed by atoms with Crippen LogP contribution < -0.4 is 21.3 Å². The molecule has 1 saturated heterocycles. The molecular formula is C16H19N9O2. The van der Waals surface area contributed by atoms with E-state index in [1.807, 2.05) is 6.07 Å². The molecule has 1 atom stereocenters. The topological polar surface area (TPSA) is 150 Å². The molecule has 3 rings (SSSR count). The van der Waals surface area contributed by atoms with Crippen LogP contribution in [0.1, 0.15) is 16.2 Å². The van der Waals surface area contributed by atoms with E-state index in [4.69, 9.17) is 10.00 Å². The maximum Gasteiger partial charge on any atom is 0.273 e. The summed E-state index contributed by atoms with van der Waals surface area (Å²) in [6.07, 6.45) is 2.76. The standard InChI is InChI=1S/C16H19N9O2/c1-18-16(26)15-12(21-8-11-7-19-2-3-27-11)4-13(24-25-15)23-14-9-20-10(5-17)6-22-14/h4,6,9,11,19H,2-3,7-8H2,1H3,(H,18,26)(H2,21,22,23,24). The van der Waals surface area contributed by atoms with Gasteiger partial charge in [-0.1, -0.05) is 0 Å². The van der Waals surface area contributed by atoms with Gasteiger partial charge in [0.2, 0.25) is 0 Å². The van der Waals surface area contributed by atoms with Gasteiger partial charge in [0, 0.05) is 32.7 Å². The van der Waals surface area contributed by atoms with Crippen molar-refractivity contribution in [2.75, 3.05) is 43.9 Å². The van der Waals surface area contributed by atoms with Crippen molar-refractivity contribution in [2.45, 2.75) is 6.10 Å². The van der Waals surface area contributed by atoms with Crippen LogP contribution in [0.2, 0.25) is 0 Å². The summed E-state index contributed by atoms with van der Waals surface area (Å²) in [6.45, 7) is 2.72. The number of rotatable bonds is 6. The number of hydrogen-bond donors (Lipinski definition) is 4. The molecule has 1 unspecified atom stereocenters. The number of nitriles is 1. The van der Waals surface area contributed by atoms with E-state index in [2.05, 4.69) is 41.4 Å². The van der Waals surface area contributed by atoms with Gasteiger partial charge in [0.05, 0.1) is 30.8 Å². The summed E-state index contributed by atoms with van der Waals surface area (Å²) >= 11 is 0. The van der Waals surface area contributed by atoms with Crippen molar-refractivity contribution in [3.8, 4) is 6.07 Å². The van der Waals surface area contributed by atoms with E-state index >= 15 is 0 Å². The molecule has 11 nitrogen and oxygen atoms in total. The van der Waals surface area contributed by atoms with Gasteiger partial charge in [-0.3, -0.25) is 4.79 Å². The molecular weight excluding hydrogens is 350 g/mol. The zero-order chi connectivity index (χ0) is 19.1. The molecule has 0 saturated carbocycles. The van der Waals surface area contributed by atoms with E-state index < -0.39 is 0 Å². The minimum atomic E-state index is -0.350. The fourth-order valence-corrected chi connectivity index (χ4v) is 2.43. The molecule has 11 heteroatoms. The van der Waals surface area contributed by atoms with E-state index in [0.717, 1.165) is 13.1 Å². The average Bonchev–Trinajstić information content (AvgIpc) is 2.73. The van der Waals surface area contributed by atoms with Crippen molar-refractivity contribution in [3.05, 3.63) is 29.8 Å². The second-order valence-corrected chi connectivity index (χ2v) is 5.67. The van der Waals surface area contributed by atoms with Crippen LogP contribution in [-0.2, 0) is 4.74 Å². The number of hydrogen-bond acceptors (Lipinski definition) is 10. The Labute approximate surface area is 155 Å². The van der Waals surface area contributed by atoms with Crippen LogP contribution in [0.15, 0.2) is 18.5 Å². The largest absolute Gasteiger partial charge is 0.380 e. The van der Waals surface area contributed by atoms with Gasteiger partial charge in [-0.15, -0.1) is 10.2 Å². The lowest BCUT2D eigenvalue weighted by Crippen LogP contribution is -2.42. The molecule has 1 amide bonds. The zero-order valence-electron chi connectivity index (χ0n) is 14.7. The van der Waals surface area contributed by atoms with Gasteiger partial charge in [-0.05, 0) is 0 Å². The Bertz CT molecular complexity index is 829. The second-order valence-electron chi connectivity index (χ2n) is 5.67. The molecule has 0 radical (unpaired) electrons. The lowest BCUT2D eigenvalue weighted by molar-refractivity contribution is 0.0372. The number of carbonyl (C=O) groups excluding carboxylic acids is 1. The van der Waals surface area contributed by atoms with E-state index in [9.17, 15) is 4.79 Å². The normalized spacial score (nSPS) is 16.2. The van der Waals surface area contributed by atoms with Crippen molar-refractivity contribution in [1.82, 2.24) is 30.8 Å². The Morgan fingerprint density at radius 1 is 1.37 bits per heavy atom. The highest BCUT2D eigenvalue weighted by molar-refractivity contribution is 5.97. The first-order chi connectivity index (χ1) is 13.2.